The highest BCUT2D eigenvalue weighted by molar-refractivity contribution is 5.49. The lowest BCUT2D eigenvalue weighted by Gasteiger charge is -2.61. The average Bonchev–Trinajstić information content (AvgIpc) is 2.69. The van der Waals surface area contributed by atoms with Crippen LogP contribution in [0, 0.1) is 39.9 Å². The maximum Gasteiger partial charge on any atom is 0.147 e. The second-order valence-electron chi connectivity index (χ2n) is 11.5. The van der Waals surface area contributed by atoms with Crippen LogP contribution in [-0.4, -0.2) is 30.7 Å². The molecular formula is C27H37N3O. The lowest BCUT2D eigenvalue weighted by Crippen LogP contribution is -2.63. The average molecular weight is 420 g/mol. The molecule has 3 heterocycles. The van der Waals surface area contributed by atoms with E-state index in [1.54, 1.807) is 0 Å². The number of hydrogen-bond donors (Lipinski definition) is 0. The molecule has 1 aliphatic carbocycles. The van der Waals surface area contributed by atoms with Crippen LogP contribution in [0.5, 0.6) is 0 Å². The zero-order chi connectivity index (χ0) is 22.4. The molecule has 0 radical (unpaired) electrons. The molecule has 0 N–H and O–H groups in total. The Hall–Kier alpha value is -2.12. The van der Waals surface area contributed by atoms with E-state index in [9.17, 15) is 5.26 Å². The highest BCUT2D eigenvalue weighted by Gasteiger charge is 2.53. The van der Waals surface area contributed by atoms with Gasteiger partial charge in [0, 0.05) is 18.2 Å². The highest BCUT2D eigenvalue weighted by atomic mass is 16.5. The molecule has 4 rings (SSSR count). The van der Waals surface area contributed by atoms with E-state index < -0.39 is 0 Å². The van der Waals surface area contributed by atoms with Crippen molar-refractivity contribution in [3.63, 3.8) is 0 Å². The van der Waals surface area contributed by atoms with E-state index >= 15 is 0 Å². The minimum atomic E-state index is 0.336. The molecule has 3 aliphatic heterocycles. The van der Waals surface area contributed by atoms with Crippen molar-refractivity contribution in [2.24, 2.45) is 33.6 Å². The van der Waals surface area contributed by atoms with E-state index in [1.807, 2.05) is 19.1 Å². The van der Waals surface area contributed by atoms with Crippen molar-refractivity contribution >= 4 is 6.72 Å². The van der Waals surface area contributed by atoms with E-state index in [1.165, 1.54) is 38.8 Å². The molecule has 31 heavy (non-hydrogen) atoms. The van der Waals surface area contributed by atoms with Crippen LogP contribution >= 0.6 is 0 Å². The molecule has 0 spiro atoms. The summed E-state index contributed by atoms with van der Waals surface area (Å²) in [6.07, 6.45) is 13.4. The van der Waals surface area contributed by atoms with Gasteiger partial charge in [0.05, 0.1) is 0 Å². The van der Waals surface area contributed by atoms with Gasteiger partial charge in [-0.2, -0.15) is 5.26 Å². The van der Waals surface area contributed by atoms with Crippen molar-refractivity contribution in [1.29, 1.82) is 5.26 Å². The van der Waals surface area contributed by atoms with Gasteiger partial charge in [0.1, 0.15) is 23.3 Å². The van der Waals surface area contributed by atoms with Gasteiger partial charge in [-0.15, -0.1) is 0 Å². The topological polar surface area (TPSA) is 48.6 Å². The van der Waals surface area contributed by atoms with E-state index in [0.29, 0.717) is 22.4 Å². The molecule has 0 amide bonds. The molecule has 166 valence electrons. The predicted octanol–water partition coefficient (Wildman–Crippen LogP) is 6.01. The molecule has 4 unspecified atom stereocenters. The first-order valence-electron chi connectivity index (χ1n) is 11.7. The predicted molar refractivity (Wildman–Crippen MR) is 126 cm³/mol. The van der Waals surface area contributed by atoms with Gasteiger partial charge < -0.3 is 4.74 Å². The van der Waals surface area contributed by atoms with Crippen molar-refractivity contribution in [2.75, 3.05) is 13.1 Å². The van der Waals surface area contributed by atoms with Crippen LogP contribution in [0.1, 0.15) is 60.3 Å². The number of aliphatic imine (C=N–C) groups is 1. The Morgan fingerprint density at radius 3 is 2.77 bits per heavy atom. The van der Waals surface area contributed by atoms with Crippen molar-refractivity contribution in [3.8, 4) is 6.07 Å². The second kappa shape index (κ2) is 8.10. The first-order valence-corrected chi connectivity index (χ1v) is 11.7. The maximum atomic E-state index is 9.31. The van der Waals surface area contributed by atoms with Crippen LogP contribution in [0.3, 0.4) is 0 Å². The van der Waals surface area contributed by atoms with Gasteiger partial charge in [0.25, 0.3) is 0 Å². The van der Waals surface area contributed by atoms with Gasteiger partial charge in [-0.25, -0.2) is 0 Å². The van der Waals surface area contributed by atoms with Gasteiger partial charge in [-0.3, -0.25) is 9.89 Å². The number of nitrogens with zero attached hydrogens (tertiary/aromatic N) is 3. The number of hydrogen-bond acceptors (Lipinski definition) is 4. The van der Waals surface area contributed by atoms with Crippen LogP contribution in [0.4, 0.5) is 0 Å². The molecule has 2 saturated heterocycles. The van der Waals surface area contributed by atoms with E-state index in [4.69, 9.17) is 4.74 Å². The third kappa shape index (κ3) is 4.44. The Bertz CT molecular complexity index is 911. The van der Waals surface area contributed by atoms with Crippen molar-refractivity contribution < 1.29 is 4.74 Å². The molecule has 0 bridgehead atoms. The summed E-state index contributed by atoms with van der Waals surface area (Å²) < 4.78 is 5.93. The monoisotopic (exact) mass is 419 g/mol. The van der Waals surface area contributed by atoms with Crippen molar-refractivity contribution in [1.82, 2.24) is 4.90 Å². The Balaban J connectivity index is 1.57. The van der Waals surface area contributed by atoms with Gasteiger partial charge in [-0.1, -0.05) is 33.8 Å². The first kappa shape index (κ1) is 22.1. The van der Waals surface area contributed by atoms with Crippen LogP contribution < -0.4 is 0 Å². The standard InChI is InChI=1S/C27H37N3O/c1-18-11-20(24(16-28)29-6)14-22(31-18)8-7-19-12-21-15-26(2,3)17-30-10-9-27(4,5)23(13-19)25(21)30/h7-8,11,14,19,21,23,25H,6,9-10,12-13,15,17H2,1-5H3/b8-7+,24-20-. The Labute approximate surface area is 188 Å². The van der Waals surface area contributed by atoms with Crippen LogP contribution in [0.2, 0.25) is 0 Å². The van der Waals surface area contributed by atoms with E-state index in [0.717, 1.165) is 35.0 Å². The normalized spacial score (nSPS) is 35.9. The van der Waals surface area contributed by atoms with Gasteiger partial charge in [-0.05, 0) is 92.7 Å². The van der Waals surface area contributed by atoms with E-state index in [-0.39, 0.29) is 0 Å². The SMILES string of the molecule is C=N/C(C#N)=C1/C=C(C)OC(/C=C/C2CC3CC(C)(C)CN4CCC(C)(C)C(C2)C34)=C1. The van der Waals surface area contributed by atoms with E-state index in [2.05, 4.69) is 62.5 Å². The summed E-state index contributed by atoms with van der Waals surface area (Å²) in [5.41, 5.74) is 1.91. The lowest BCUT2D eigenvalue weighted by molar-refractivity contribution is -0.112. The molecular weight excluding hydrogens is 382 g/mol. The van der Waals surface area contributed by atoms with Crippen LogP contribution in [-0.2, 0) is 4.74 Å². The fourth-order valence-corrected chi connectivity index (χ4v) is 6.69. The quantitative estimate of drug-likeness (QED) is 0.416. The van der Waals surface area contributed by atoms with Crippen molar-refractivity contribution in [2.45, 2.75) is 66.3 Å². The van der Waals surface area contributed by atoms with Crippen LogP contribution in [0.15, 0.2) is 52.1 Å². The minimum Gasteiger partial charge on any atom is -0.462 e. The van der Waals surface area contributed by atoms with Gasteiger partial charge in [0.15, 0.2) is 0 Å². The number of allylic oxidation sites excluding steroid dienone is 7. The molecule has 0 aromatic rings. The highest BCUT2D eigenvalue weighted by Crippen LogP contribution is 2.55. The summed E-state index contributed by atoms with van der Waals surface area (Å²) in [5.74, 6) is 3.64. The van der Waals surface area contributed by atoms with Crippen LogP contribution in [0.25, 0.3) is 0 Å². The van der Waals surface area contributed by atoms with Gasteiger partial charge >= 0.3 is 0 Å². The third-order valence-electron chi connectivity index (χ3n) is 7.98. The molecule has 4 heteroatoms. The largest absolute Gasteiger partial charge is 0.462 e. The van der Waals surface area contributed by atoms with Crippen molar-refractivity contribution in [3.05, 3.63) is 47.1 Å². The fraction of sp³-hybridized carbons (Fsp3) is 0.630. The lowest BCUT2D eigenvalue weighted by atomic mass is 9.55. The number of piperidine rings is 2. The summed E-state index contributed by atoms with van der Waals surface area (Å²) >= 11 is 0. The smallest absolute Gasteiger partial charge is 0.147 e. The summed E-state index contributed by atoms with van der Waals surface area (Å²) in [6, 6.07) is 2.87. The Morgan fingerprint density at radius 1 is 1.29 bits per heavy atom. The second-order valence-corrected chi connectivity index (χ2v) is 11.5. The summed E-state index contributed by atoms with van der Waals surface area (Å²) in [6.45, 7) is 17.8. The fourth-order valence-electron chi connectivity index (χ4n) is 6.69. The summed E-state index contributed by atoms with van der Waals surface area (Å²) in [4.78, 5) is 6.68. The zero-order valence-electron chi connectivity index (χ0n) is 19.8. The number of ether oxygens (including phenoxy) is 1. The summed E-state index contributed by atoms with van der Waals surface area (Å²) in [5, 5.41) is 9.31. The minimum absolute atomic E-state index is 0.336. The zero-order valence-corrected chi connectivity index (χ0v) is 19.8. The third-order valence-corrected chi connectivity index (χ3v) is 7.98. The number of rotatable bonds is 3. The molecule has 3 fully saturated rings. The Morgan fingerprint density at radius 2 is 2.06 bits per heavy atom. The Kier molecular flexibility index (Phi) is 5.77. The molecule has 4 atom stereocenters. The number of nitriles is 1. The molecule has 4 aliphatic rings. The van der Waals surface area contributed by atoms with Gasteiger partial charge in [0.2, 0.25) is 0 Å². The summed E-state index contributed by atoms with van der Waals surface area (Å²) in [7, 11) is 0. The molecule has 4 nitrogen and oxygen atoms in total. The maximum absolute atomic E-state index is 9.31. The molecule has 0 aromatic carbocycles. The molecule has 0 aromatic heterocycles. The molecule has 1 saturated carbocycles. The first-order chi connectivity index (χ1) is 14.6.